The van der Waals surface area contributed by atoms with Gasteiger partial charge in [0.05, 0.1) is 16.7 Å². The average molecular weight is 295 g/mol. The molecule has 4 nitrogen and oxygen atoms in total. The van der Waals surface area contributed by atoms with E-state index in [0.717, 1.165) is 22.1 Å². The van der Waals surface area contributed by atoms with Gasteiger partial charge in [-0.2, -0.15) is 5.10 Å². The number of rotatable bonds is 1. The van der Waals surface area contributed by atoms with Gasteiger partial charge in [0.2, 0.25) is 0 Å². The highest BCUT2D eigenvalue weighted by atomic mass is 35.5. The van der Waals surface area contributed by atoms with Crippen LogP contribution in [-0.2, 0) is 9.31 Å². The van der Waals surface area contributed by atoms with Crippen LogP contribution in [0.15, 0.2) is 18.2 Å². The van der Waals surface area contributed by atoms with Crippen molar-refractivity contribution in [2.45, 2.75) is 45.8 Å². The normalized spacial score (nSPS) is 20.1. The van der Waals surface area contributed by atoms with Crippen LogP contribution in [-0.4, -0.2) is 28.5 Å². The molecule has 0 spiro atoms. The van der Waals surface area contributed by atoms with E-state index in [1.165, 1.54) is 0 Å². The lowest BCUT2D eigenvalue weighted by Crippen LogP contribution is -2.41. The fraction of sp³-hybridized carbons (Fsp3) is 0.500. The summed E-state index contributed by atoms with van der Waals surface area (Å²) in [6.07, 6.45) is 0. The zero-order valence-electron chi connectivity index (χ0n) is 12.5. The molecule has 3 rings (SSSR count). The monoisotopic (exact) mass is 294 g/mol. The maximum absolute atomic E-state index is 6.06. The lowest BCUT2D eigenvalue weighted by atomic mass is 9.78. The van der Waals surface area contributed by atoms with Crippen molar-refractivity contribution >= 4 is 35.9 Å². The summed E-state index contributed by atoms with van der Waals surface area (Å²) in [6, 6.07) is 6.11. The summed E-state index contributed by atoms with van der Waals surface area (Å²) in [7, 11) is -0.316. The summed E-state index contributed by atoms with van der Waals surface area (Å²) < 4.78 is 12.1. The molecule has 2 heterocycles. The Morgan fingerprint density at radius 2 is 1.70 bits per heavy atom. The number of H-pyrrole nitrogens is 1. The van der Waals surface area contributed by atoms with Gasteiger partial charge in [0.1, 0.15) is 0 Å². The van der Waals surface area contributed by atoms with E-state index in [0.29, 0.717) is 0 Å². The average Bonchev–Trinajstić information content (AvgIpc) is 2.78. The van der Waals surface area contributed by atoms with Crippen molar-refractivity contribution in [2.75, 3.05) is 0 Å². The van der Waals surface area contributed by atoms with E-state index in [1.807, 2.05) is 19.1 Å². The number of benzene rings is 1. The van der Waals surface area contributed by atoms with Gasteiger partial charge < -0.3 is 9.31 Å². The summed E-state index contributed by atoms with van der Waals surface area (Å²) in [4.78, 5) is 0. The molecule has 20 heavy (non-hydrogen) atoms. The number of nitrogens with zero attached hydrogens (tertiary/aromatic N) is 1. The lowest BCUT2D eigenvalue weighted by molar-refractivity contribution is 0.00578. The van der Waals surface area contributed by atoms with E-state index in [1.54, 1.807) is 0 Å². The van der Waals surface area contributed by atoms with Crippen molar-refractivity contribution in [1.29, 1.82) is 0 Å². The molecule has 6 heteroatoms. The van der Waals surface area contributed by atoms with Crippen molar-refractivity contribution in [3.05, 3.63) is 23.9 Å². The van der Waals surface area contributed by atoms with E-state index in [2.05, 4.69) is 44.0 Å². The molecule has 0 radical (unpaired) electrons. The van der Waals surface area contributed by atoms with E-state index in [4.69, 9.17) is 9.31 Å². The van der Waals surface area contributed by atoms with Crippen LogP contribution >= 0.6 is 12.4 Å². The number of halogens is 1. The summed E-state index contributed by atoms with van der Waals surface area (Å²) in [5, 5.41) is 8.35. The minimum Gasteiger partial charge on any atom is -0.399 e. The van der Waals surface area contributed by atoms with Gasteiger partial charge in [-0.3, -0.25) is 5.10 Å². The SMILES string of the molecule is Cc1[nH]nc2ccc(B3OC(C)(C)C(C)(C)O3)cc12.Cl. The van der Waals surface area contributed by atoms with Crippen molar-refractivity contribution in [1.82, 2.24) is 10.2 Å². The van der Waals surface area contributed by atoms with E-state index >= 15 is 0 Å². The Kier molecular flexibility index (Phi) is 3.65. The molecule has 1 N–H and O–H groups in total. The molecule has 0 bridgehead atoms. The smallest absolute Gasteiger partial charge is 0.399 e. The topological polar surface area (TPSA) is 47.1 Å². The van der Waals surface area contributed by atoms with Crippen LogP contribution in [0, 0.1) is 6.92 Å². The molecule has 0 atom stereocenters. The Labute approximate surface area is 125 Å². The van der Waals surface area contributed by atoms with Crippen molar-refractivity contribution < 1.29 is 9.31 Å². The first-order valence-corrected chi connectivity index (χ1v) is 6.60. The number of aromatic amines is 1. The van der Waals surface area contributed by atoms with Gasteiger partial charge >= 0.3 is 7.12 Å². The minimum absolute atomic E-state index is 0. The number of nitrogens with one attached hydrogen (secondary N) is 1. The van der Waals surface area contributed by atoms with Crippen LogP contribution < -0.4 is 5.46 Å². The fourth-order valence-corrected chi connectivity index (χ4v) is 2.28. The molecule has 1 fully saturated rings. The van der Waals surface area contributed by atoms with Crippen molar-refractivity contribution in [2.24, 2.45) is 0 Å². The molecule has 1 aromatic heterocycles. The number of aryl methyl sites for hydroxylation is 1. The van der Waals surface area contributed by atoms with Crippen LogP contribution in [0.3, 0.4) is 0 Å². The number of hydrogen-bond donors (Lipinski definition) is 1. The second kappa shape index (κ2) is 4.76. The Hall–Kier alpha value is -1.04. The van der Waals surface area contributed by atoms with E-state index < -0.39 is 0 Å². The molecule has 0 aliphatic carbocycles. The molecule has 0 saturated carbocycles. The van der Waals surface area contributed by atoms with Gasteiger partial charge in [0.25, 0.3) is 0 Å². The fourth-order valence-electron chi connectivity index (χ4n) is 2.28. The lowest BCUT2D eigenvalue weighted by Gasteiger charge is -2.32. The molecular weight excluding hydrogens is 274 g/mol. The quantitative estimate of drug-likeness (QED) is 0.822. The molecule has 1 aliphatic heterocycles. The zero-order chi connectivity index (χ0) is 13.8. The first-order chi connectivity index (χ1) is 8.80. The first kappa shape index (κ1) is 15.4. The van der Waals surface area contributed by atoms with Crippen LogP contribution in [0.1, 0.15) is 33.4 Å². The first-order valence-electron chi connectivity index (χ1n) is 6.60. The zero-order valence-corrected chi connectivity index (χ0v) is 13.3. The molecular formula is C14H20BClN2O2. The predicted octanol–water partition coefficient (Wildman–Crippen LogP) is 2.59. The van der Waals surface area contributed by atoms with Crippen LogP contribution in [0.25, 0.3) is 10.9 Å². The van der Waals surface area contributed by atoms with Gasteiger partial charge in [-0.15, -0.1) is 12.4 Å². The number of hydrogen-bond acceptors (Lipinski definition) is 3. The molecule has 1 aromatic carbocycles. The van der Waals surface area contributed by atoms with Crippen LogP contribution in [0.2, 0.25) is 0 Å². The Bertz CT molecular complexity index is 623. The molecule has 0 amide bonds. The summed E-state index contributed by atoms with van der Waals surface area (Å²) >= 11 is 0. The highest BCUT2D eigenvalue weighted by Gasteiger charge is 2.51. The predicted molar refractivity (Wildman–Crippen MR) is 83.8 cm³/mol. The summed E-state index contributed by atoms with van der Waals surface area (Å²) in [5.74, 6) is 0. The van der Waals surface area contributed by atoms with Gasteiger partial charge in [-0.05, 0) is 46.1 Å². The van der Waals surface area contributed by atoms with E-state index in [-0.39, 0.29) is 30.7 Å². The van der Waals surface area contributed by atoms with Crippen LogP contribution in [0.4, 0.5) is 0 Å². The van der Waals surface area contributed by atoms with E-state index in [9.17, 15) is 0 Å². The second-order valence-electron chi connectivity index (χ2n) is 6.21. The maximum Gasteiger partial charge on any atom is 0.494 e. The van der Waals surface area contributed by atoms with Gasteiger partial charge in [0.15, 0.2) is 0 Å². The molecule has 108 valence electrons. The third-order valence-corrected chi connectivity index (χ3v) is 4.29. The maximum atomic E-state index is 6.06. The Morgan fingerprint density at radius 1 is 1.10 bits per heavy atom. The third kappa shape index (κ3) is 2.24. The number of aromatic nitrogens is 2. The van der Waals surface area contributed by atoms with Crippen molar-refractivity contribution in [3.63, 3.8) is 0 Å². The molecule has 1 saturated heterocycles. The van der Waals surface area contributed by atoms with Crippen molar-refractivity contribution in [3.8, 4) is 0 Å². The van der Waals surface area contributed by atoms with Gasteiger partial charge in [-0.1, -0.05) is 12.1 Å². The minimum atomic E-state index is -0.316. The Morgan fingerprint density at radius 3 is 2.30 bits per heavy atom. The molecule has 2 aromatic rings. The van der Waals surface area contributed by atoms with Gasteiger partial charge in [-0.25, -0.2) is 0 Å². The standard InChI is InChI=1S/C14H19BN2O2.ClH/c1-9-11-8-10(6-7-12(11)17-16-9)15-18-13(2,3)14(4,5)19-15;/h6-8H,1-5H3,(H,16,17);1H. The highest BCUT2D eigenvalue weighted by molar-refractivity contribution is 6.62. The molecule has 1 aliphatic rings. The largest absolute Gasteiger partial charge is 0.494 e. The Balaban J connectivity index is 0.00000147. The third-order valence-electron chi connectivity index (χ3n) is 4.29. The summed E-state index contributed by atoms with van der Waals surface area (Å²) in [5.41, 5.74) is 2.46. The molecule has 0 unspecified atom stereocenters. The van der Waals surface area contributed by atoms with Gasteiger partial charge in [0, 0.05) is 11.1 Å². The number of fused-ring (bicyclic) bond motifs is 1. The summed E-state index contributed by atoms with van der Waals surface area (Å²) in [6.45, 7) is 10.3. The van der Waals surface area contributed by atoms with Crippen LogP contribution in [0.5, 0.6) is 0 Å². The second-order valence-corrected chi connectivity index (χ2v) is 6.21. The highest BCUT2D eigenvalue weighted by Crippen LogP contribution is 2.36.